The van der Waals surface area contributed by atoms with E-state index in [0.29, 0.717) is 24.2 Å². The molecule has 128 valence electrons. The summed E-state index contributed by atoms with van der Waals surface area (Å²) in [5.74, 6) is 0. The van der Waals surface area contributed by atoms with Crippen molar-refractivity contribution in [3.63, 3.8) is 0 Å². The second-order valence-corrected chi connectivity index (χ2v) is 7.18. The van der Waals surface area contributed by atoms with E-state index in [1.165, 1.54) is 0 Å². The first-order valence-electron chi connectivity index (χ1n) is 8.18. The lowest BCUT2D eigenvalue weighted by molar-refractivity contribution is 0.0185. The molecule has 0 bridgehead atoms. The molecule has 0 radical (unpaired) electrons. The van der Waals surface area contributed by atoms with Gasteiger partial charge in [-0.05, 0) is 53.0 Å². The van der Waals surface area contributed by atoms with Crippen LogP contribution in [0.5, 0.6) is 0 Å². The Kier molecular flexibility index (Phi) is 6.26. The molecular formula is C18H29N3O2. The minimum atomic E-state index is -0.539. The third-order valence-electron chi connectivity index (χ3n) is 3.86. The SMILES string of the molecule is CCC/C(N)=C(/C#N)C1=C(C)CC(C)N(C(=O)OC(C)(C)C)C1. The van der Waals surface area contributed by atoms with Crippen LogP contribution in [0.15, 0.2) is 22.4 Å². The maximum absolute atomic E-state index is 12.4. The van der Waals surface area contributed by atoms with Crippen LogP contribution in [0.3, 0.4) is 0 Å². The number of ether oxygens (including phenoxy) is 1. The summed E-state index contributed by atoms with van der Waals surface area (Å²) in [6.45, 7) is 11.9. The fourth-order valence-electron chi connectivity index (χ4n) is 2.72. The Hall–Kier alpha value is -1.96. The van der Waals surface area contributed by atoms with Crippen LogP contribution in [0.2, 0.25) is 0 Å². The summed E-state index contributed by atoms with van der Waals surface area (Å²) >= 11 is 0. The number of carbonyl (C=O) groups is 1. The lowest BCUT2D eigenvalue weighted by Crippen LogP contribution is -2.45. The molecule has 1 amide bonds. The van der Waals surface area contributed by atoms with Gasteiger partial charge in [-0.3, -0.25) is 0 Å². The van der Waals surface area contributed by atoms with E-state index in [1.54, 1.807) is 4.90 Å². The van der Waals surface area contributed by atoms with Gasteiger partial charge in [0.05, 0.1) is 12.1 Å². The molecule has 1 atom stereocenters. The van der Waals surface area contributed by atoms with Gasteiger partial charge >= 0.3 is 6.09 Å². The van der Waals surface area contributed by atoms with Crippen molar-refractivity contribution in [2.24, 2.45) is 5.73 Å². The van der Waals surface area contributed by atoms with Crippen molar-refractivity contribution >= 4 is 6.09 Å². The van der Waals surface area contributed by atoms with Gasteiger partial charge in [0.25, 0.3) is 0 Å². The van der Waals surface area contributed by atoms with Crippen molar-refractivity contribution in [3.8, 4) is 6.07 Å². The molecule has 0 aromatic rings. The third-order valence-corrected chi connectivity index (χ3v) is 3.86. The number of hydrogen-bond donors (Lipinski definition) is 1. The van der Waals surface area contributed by atoms with Crippen LogP contribution < -0.4 is 5.73 Å². The van der Waals surface area contributed by atoms with Crippen LogP contribution in [-0.4, -0.2) is 29.2 Å². The first-order chi connectivity index (χ1) is 10.6. The summed E-state index contributed by atoms with van der Waals surface area (Å²) in [5.41, 5.74) is 8.64. The summed E-state index contributed by atoms with van der Waals surface area (Å²) in [6.07, 6.45) is 1.94. The standard InChI is InChI=1S/C18H29N3O2/c1-7-8-16(20)14(10-19)15-11-21(13(3)9-12(15)2)17(22)23-18(4,5)6/h13H,7-9,11,20H2,1-6H3/b16-14+. The largest absolute Gasteiger partial charge is 0.444 e. The Labute approximate surface area is 139 Å². The number of nitrogens with two attached hydrogens (primary N) is 1. The van der Waals surface area contributed by atoms with Gasteiger partial charge in [-0.25, -0.2) is 4.79 Å². The van der Waals surface area contributed by atoms with E-state index in [1.807, 2.05) is 41.5 Å². The van der Waals surface area contributed by atoms with Gasteiger partial charge < -0.3 is 15.4 Å². The summed E-state index contributed by atoms with van der Waals surface area (Å²) < 4.78 is 5.49. The molecule has 1 rings (SSSR count). The van der Waals surface area contributed by atoms with Crippen LogP contribution >= 0.6 is 0 Å². The van der Waals surface area contributed by atoms with Gasteiger partial charge in [0.1, 0.15) is 11.7 Å². The first-order valence-corrected chi connectivity index (χ1v) is 8.18. The summed E-state index contributed by atoms with van der Waals surface area (Å²) in [5, 5.41) is 9.51. The number of nitriles is 1. The summed E-state index contributed by atoms with van der Waals surface area (Å²) in [7, 11) is 0. The van der Waals surface area contributed by atoms with E-state index in [-0.39, 0.29) is 12.1 Å². The van der Waals surface area contributed by atoms with Crippen molar-refractivity contribution in [3.05, 3.63) is 22.4 Å². The smallest absolute Gasteiger partial charge is 0.410 e. The normalized spacial score (nSPS) is 20.0. The second-order valence-electron chi connectivity index (χ2n) is 7.18. The molecule has 0 aliphatic carbocycles. The topological polar surface area (TPSA) is 79.4 Å². The van der Waals surface area contributed by atoms with Gasteiger partial charge in [-0.15, -0.1) is 0 Å². The molecule has 23 heavy (non-hydrogen) atoms. The number of carbonyl (C=O) groups excluding carboxylic acids is 1. The predicted octanol–water partition coefficient (Wildman–Crippen LogP) is 3.87. The Morgan fingerprint density at radius 1 is 1.48 bits per heavy atom. The van der Waals surface area contributed by atoms with E-state index in [9.17, 15) is 10.1 Å². The quantitative estimate of drug-likeness (QED) is 0.801. The van der Waals surface area contributed by atoms with Gasteiger partial charge in [0.15, 0.2) is 0 Å². The van der Waals surface area contributed by atoms with Crippen LogP contribution in [-0.2, 0) is 4.74 Å². The van der Waals surface area contributed by atoms with Crippen LogP contribution in [0.4, 0.5) is 4.79 Å². The Balaban J connectivity index is 3.12. The number of nitrogens with zero attached hydrogens (tertiary/aromatic N) is 2. The third kappa shape index (κ3) is 5.02. The number of rotatable bonds is 3. The molecule has 5 heteroatoms. The molecule has 5 nitrogen and oxygen atoms in total. The monoisotopic (exact) mass is 319 g/mol. The molecule has 2 N–H and O–H groups in total. The van der Waals surface area contributed by atoms with Crippen LogP contribution in [0.1, 0.15) is 60.8 Å². The summed E-state index contributed by atoms with van der Waals surface area (Å²) in [6, 6.07) is 2.27. The number of amides is 1. The predicted molar refractivity (Wildman–Crippen MR) is 91.5 cm³/mol. The van der Waals surface area contributed by atoms with Gasteiger partial charge in [-0.1, -0.05) is 18.9 Å². The zero-order chi connectivity index (χ0) is 17.8. The molecule has 0 aromatic heterocycles. The minimum Gasteiger partial charge on any atom is -0.444 e. The minimum absolute atomic E-state index is 0.0425. The molecule has 0 aromatic carbocycles. The maximum Gasteiger partial charge on any atom is 0.410 e. The van der Waals surface area contributed by atoms with Crippen LogP contribution in [0, 0.1) is 11.3 Å². The molecule has 0 fully saturated rings. The first kappa shape index (κ1) is 19.1. The Bertz CT molecular complexity index is 562. The zero-order valence-corrected chi connectivity index (χ0v) is 15.2. The van der Waals surface area contributed by atoms with Gasteiger partial charge in [0, 0.05) is 11.7 Å². The highest BCUT2D eigenvalue weighted by atomic mass is 16.6. The van der Waals surface area contributed by atoms with E-state index in [4.69, 9.17) is 10.5 Å². The average Bonchev–Trinajstić information content (AvgIpc) is 2.40. The van der Waals surface area contributed by atoms with Crippen molar-refractivity contribution in [2.45, 2.75) is 72.4 Å². The highest BCUT2D eigenvalue weighted by Gasteiger charge is 2.32. The van der Waals surface area contributed by atoms with E-state index in [0.717, 1.165) is 24.0 Å². The van der Waals surface area contributed by atoms with Crippen molar-refractivity contribution in [1.29, 1.82) is 5.26 Å². The van der Waals surface area contributed by atoms with Crippen molar-refractivity contribution < 1.29 is 9.53 Å². The van der Waals surface area contributed by atoms with Gasteiger partial charge in [0.2, 0.25) is 0 Å². The van der Waals surface area contributed by atoms with E-state index in [2.05, 4.69) is 6.07 Å². The van der Waals surface area contributed by atoms with Crippen LogP contribution in [0.25, 0.3) is 0 Å². The molecule has 1 aliphatic rings. The van der Waals surface area contributed by atoms with Crippen molar-refractivity contribution in [1.82, 2.24) is 4.90 Å². The molecule has 1 aliphatic heterocycles. The molecule has 0 saturated carbocycles. The number of hydrogen-bond acceptors (Lipinski definition) is 4. The van der Waals surface area contributed by atoms with E-state index >= 15 is 0 Å². The van der Waals surface area contributed by atoms with Gasteiger partial charge in [-0.2, -0.15) is 5.26 Å². The lowest BCUT2D eigenvalue weighted by atomic mass is 9.90. The molecule has 0 spiro atoms. The summed E-state index contributed by atoms with van der Waals surface area (Å²) in [4.78, 5) is 14.1. The molecule has 1 heterocycles. The highest BCUT2D eigenvalue weighted by Crippen LogP contribution is 2.30. The zero-order valence-electron chi connectivity index (χ0n) is 15.2. The molecule has 0 saturated heterocycles. The fraction of sp³-hybridized carbons (Fsp3) is 0.667. The number of allylic oxidation sites excluding steroid dienone is 1. The lowest BCUT2D eigenvalue weighted by Gasteiger charge is -2.36. The average molecular weight is 319 g/mol. The second kappa shape index (κ2) is 7.54. The Morgan fingerprint density at radius 2 is 2.09 bits per heavy atom. The van der Waals surface area contributed by atoms with E-state index < -0.39 is 5.60 Å². The highest BCUT2D eigenvalue weighted by molar-refractivity contribution is 5.70. The Morgan fingerprint density at radius 3 is 2.57 bits per heavy atom. The molecular weight excluding hydrogens is 290 g/mol. The molecule has 1 unspecified atom stereocenters. The van der Waals surface area contributed by atoms with Crippen molar-refractivity contribution in [2.75, 3.05) is 6.54 Å². The maximum atomic E-state index is 12.4. The fourth-order valence-corrected chi connectivity index (χ4v) is 2.72.